The number of anilines is 1. The van der Waals surface area contributed by atoms with Gasteiger partial charge in [0.05, 0.1) is 10.6 Å². The first-order valence-electron chi connectivity index (χ1n) is 10.2. The third-order valence-corrected chi connectivity index (χ3v) is 7.17. The predicted octanol–water partition coefficient (Wildman–Crippen LogP) is 5.33. The van der Waals surface area contributed by atoms with E-state index in [2.05, 4.69) is 24.5 Å². The lowest BCUT2D eigenvalue weighted by molar-refractivity contribution is -0.112. The monoisotopic (exact) mass is 406 g/mol. The number of benzene rings is 2. The van der Waals surface area contributed by atoms with E-state index in [-0.39, 0.29) is 17.9 Å². The van der Waals surface area contributed by atoms with E-state index in [1.54, 1.807) is 0 Å². The summed E-state index contributed by atoms with van der Waals surface area (Å²) in [6, 6.07) is 15.5. The van der Waals surface area contributed by atoms with Crippen LogP contribution in [0.15, 0.2) is 58.3 Å². The molecule has 0 unspecified atom stereocenters. The summed E-state index contributed by atoms with van der Waals surface area (Å²) in [6.45, 7) is 4.50. The van der Waals surface area contributed by atoms with Gasteiger partial charge in [-0.3, -0.25) is 9.59 Å². The number of carbonyl (C=O) groups excluding carboxylic acids is 2. The highest BCUT2D eigenvalue weighted by molar-refractivity contribution is 8.04. The molecule has 2 amide bonds. The van der Waals surface area contributed by atoms with Crippen LogP contribution in [-0.2, 0) is 4.79 Å². The predicted molar refractivity (Wildman–Crippen MR) is 119 cm³/mol. The molecule has 1 heterocycles. The molecule has 1 aliphatic heterocycles. The van der Waals surface area contributed by atoms with Crippen LogP contribution in [0, 0.1) is 11.8 Å². The van der Waals surface area contributed by atoms with Crippen molar-refractivity contribution in [2.24, 2.45) is 11.8 Å². The molecule has 1 fully saturated rings. The SMILES string of the molecule is C[C@@H]1[C@H](C)CCC[C@H]1NC(=O)c1ccc(/C=C2/Sc3ccccc3NC2=O)cc1. The largest absolute Gasteiger partial charge is 0.349 e. The van der Waals surface area contributed by atoms with Gasteiger partial charge in [0.15, 0.2) is 0 Å². The zero-order valence-electron chi connectivity index (χ0n) is 16.8. The lowest BCUT2D eigenvalue weighted by Gasteiger charge is -2.34. The van der Waals surface area contributed by atoms with Crippen LogP contribution in [-0.4, -0.2) is 17.9 Å². The molecule has 2 aliphatic rings. The Kier molecular flexibility index (Phi) is 5.76. The van der Waals surface area contributed by atoms with Crippen LogP contribution in [0.4, 0.5) is 5.69 Å². The molecular formula is C24H26N2O2S. The van der Waals surface area contributed by atoms with Crippen molar-refractivity contribution in [1.29, 1.82) is 0 Å². The van der Waals surface area contributed by atoms with E-state index < -0.39 is 0 Å². The van der Waals surface area contributed by atoms with Gasteiger partial charge in [0, 0.05) is 16.5 Å². The Bertz CT molecular complexity index is 952. The number of para-hydroxylation sites is 1. The number of hydrogen-bond donors (Lipinski definition) is 2. The van der Waals surface area contributed by atoms with Crippen molar-refractivity contribution in [3.63, 3.8) is 0 Å². The first kappa shape index (κ1) is 19.8. The highest BCUT2D eigenvalue weighted by atomic mass is 32.2. The fraction of sp³-hybridized carbons (Fsp3) is 0.333. The second-order valence-electron chi connectivity index (χ2n) is 8.03. The molecule has 0 aromatic heterocycles. The van der Waals surface area contributed by atoms with Gasteiger partial charge in [-0.05, 0) is 54.2 Å². The topological polar surface area (TPSA) is 58.2 Å². The van der Waals surface area contributed by atoms with Crippen molar-refractivity contribution in [1.82, 2.24) is 5.32 Å². The van der Waals surface area contributed by atoms with E-state index in [4.69, 9.17) is 0 Å². The first-order chi connectivity index (χ1) is 14.0. The molecule has 3 atom stereocenters. The van der Waals surface area contributed by atoms with Crippen LogP contribution in [0.1, 0.15) is 49.0 Å². The zero-order chi connectivity index (χ0) is 20.4. The number of carbonyl (C=O) groups is 2. The highest BCUT2D eigenvalue weighted by Crippen LogP contribution is 2.38. The zero-order valence-corrected chi connectivity index (χ0v) is 17.6. The molecule has 29 heavy (non-hydrogen) atoms. The Balaban J connectivity index is 1.45. The van der Waals surface area contributed by atoms with Gasteiger partial charge in [0.25, 0.3) is 11.8 Å². The molecule has 4 rings (SSSR count). The quantitative estimate of drug-likeness (QED) is 0.678. The van der Waals surface area contributed by atoms with Gasteiger partial charge in [-0.15, -0.1) is 0 Å². The first-order valence-corrected chi connectivity index (χ1v) is 11.0. The lowest BCUT2D eigenvalue weighted by Crippen LogP contribution is -2.43. The fourth-order valence-electron chi connectivity index (χ4n) is 4.02. The van der Waals surface area contributed by atoms with Gasteiger partial charge in [0.1, 0.15) is 0 Å². The molecule has 2 N–H and O–H groups in total. The Hall–Kier alpha value is -2.53. The van der Waals surface area contributed by atoms with Crippen LogP contribution >= 0.6 is 11.8 Å². The minimum atomic E-state index is -0.101. The maximum absolute atomic E-state index is 12.7. The smallest absolute Gasteiger partial charge is 0.262 e. The molecule has 1 saturated carbocycles. The van der Waals surface area contributed by atoms with E-state index in [9.17, 15) is 9.59 Å². The fourth-order valence-corrected chi connectivity index (χ4v) is 4.97. The summed E-state index contributed by atoms with van der Waals surface area (Å²) >= 11 is 1.46. The standard InChI is InChI=1S/C24H26N2O2S/c1-15-6-5-8-19(16(15)2)25-23(27)18-12-10-17(11-13-18)14-22-24(28)26-20-7-3-4-9-21(20)29-22/h3-4,7,9-16,19H,5-6,8H2,1-2H3,(H,25,27)(H,26,28)/b22-14+/t15-,16-,19-/m1/s1. The van der Waals surface area contributed by atoms with Gasteiger partial charge in [0.2, 0.25) is 0 Å². The van der Waals surface area contributed by atoms with Crippen molar-refractivity contribution >= 4 is 35.3 Å². The van der Waals surface area contributed by atoms with Crippen molar-refractivity contribution in [3.8, 4) is 0 Å². The average molecular weight is 407 g/mol. The van der Waals surface area contributed by atoms with E-state index in [1.807, 2.05) is 54.6 Å². The lowest BCUT2D eigenvalue weighted by atomic mass is 9.78. The Morgan fingerprint density at radius 3 is 2.66 bits per heavy atom. The maximum atomic E-state index is 12.7. The van der Waals surface area contributed by atoms with Crippen LogP contribution < -0.4 is 10.6 Å². The normalized spacial score (nSPS) is 25.2. The second-order valence-corrected chi connectivity index (χ2v) is 9.11. The molecule has 0 radical (unpaired) electrons. The van der Waals surface area contributed by atoms with Crippen LogP contribution in [0.5, 0.6) is 0 Å². The van der Waals surface area contributed by atoms with E-state index in [0.717, 1.165) is 22.6 Å². The number of thioether (sulfide) groups is 1. The van der Waals surface area contributed by atoms with Gasteiger partial charge in [-0.1, -0.05) is 62.7 Å². The Labute approximate surface area is 176 Å². The van der Waals surface area contributed by atoms with Crippen molar-refractivity contribution in [2.45, 2.75) is 44.0 Å². The summed E-state index contributed by atoms with van der Waals surface area (Å²) in [5.41, 5.74) is 2.40. The number of amides is 2. The second kappa shape index (κ2) is 8.46. The average Bonchev–Trinajstić information content (AvgIpc) is 2.72. The van der Waals surface area contributed by atoms with E-state index in [1.165, 1.54) is 24.6 Å². The number of fused-ring (bicyclic) bond motifs is 1. The molecule has 2 aromatic carbocycles. The maximum Gasteiger partial charge on any atom is 0.262 e. The summed E-state index contributed by atoms with van der Waals surface area (Å²) < 4.78 is 0. The molecule has 0 saturated heterocycles. The van der Waals surface area contributed by atoms with Crippen molar-refractivity contribution in [3.05, 3.63) is 64.6 Å². The minimum Gasteiger partial charge on any atom is -0.349 e. The molecule has 0 bridgehead atoms. The Morgan fingerprint density at radius 1 is 1.10 bits per heavy atom. The molecule has 5 heteroatoms. The third kappa shape index (κ3) is 4.40. The summed E-state index contributed by atoms with van der Waals surface area (Å²) in [5.74, 6) is 1.03. The van der Waals surface area contributed by atoms with Gasteiger partial charge >= 0.3 is 0 Å². The van der Waals surface area contributed by atoms with Crippen LogP contribution in [0.2, 0.25) is 0 Å². The minimum absolute atomic E-state index is 0.0196. The number of hydrogen-bond acceptors (Lipinski definition) is 3. The van der Waals surface area contributed by atoms with Gasteiger partial charge in [-0.2, -0.15) is 0 Å². The van der Waals surface area contributed by atoms with Gasteiger partial charge < -0.3 is 10.6 Å². The molecule has 1 aliphatic carbocycles. The highest BCUT2D eigenvalue weighted by Gasteiger charge is 2.28. The summed E-state index contributed by atoms with van der Waals surface area (Å²) in [5, 5.41) is 6.13. The summed E-state index contributed by atoms with van der Waals surface area (Å²) in [7, 11) is 0. The summed E-state index contributed by atoms with van der Waals surface area (Å²) in [6.07, 6.45) is 5.33. The molecule has 150 valence electrons. The molecule has 4 nitrogen and oxygen atoms in total. The van der Waals surface area contributed by atoms with E-state index in [0.29, 0.717) is 22.3 Å². The van der Waals surface area contributed by atoms with Crippen LogP contribution in [0.25, 0.3) is 6.08 Å². The number of rotatable bonds is 3. The van der Waals surface area contributed by atoms with E-state index >= 15 is 0 Å². The van der Waals surface area contributed by atoms with Crippen molar-refractivity contribution in [2.75, 3.05) is 5.32 Å². The molecule has 2 aromatic rings. The van der Waals surface area contributed by atoms with Crippen molar-refractivity contribution < 1.29 is 9.59 Å². The molecular weight excluding hydrogens is 380 g/mol. The third-order valence-electron chi connectivity index (χ3n) is 6.07. The summed E-state index contributed by atoms with van der Waals surface area (Å²) in [4.78, 5) is 26.7. The molecule has 0 spiro atoms. The number of nitrogens with one attached hydrogen (secondary N) is 2. The Morgan fingerprint density at radius 2 is 1.86 bits per heavy atom. The van der Waals surface area contributed by atoms with Crippen LogP contribution in [0.3, 0.4) is 0 Å². The van der Waals surface area contributed by atoms with Gasteiger partial charge in [-0.25, -0.2) is 0 Å².